The van der Waals surface area contributed by atoms with Crippen molar-refractivity contribution in [3.05, 3.63) is 59.9 Å². The number of nitrogens with one attached hydrogen (secondary N) is 2. The summed E-state index contributed by atoms with van der Waals surface area (Å²) in [5, 5.41) is 6.64. The second-order valence-electron chi connectivity index (χ2n) is 6.54. The molecule has 1 heterocycles. The summed E-state index contributed by atoms with van der Waals surface area (Å²) in [5.74, 6) is 2.28. The van der Waals surface area contributed by atoms with Gasteiger partial charge in [-0.3, -0.25) is 4.98 Å². The van der Waals surface area contributed by atoms with Crippen LogP contribution in [0.3, 0.4) is 0 Å². The molecule has 27 heavy (non-hydrogen) atoms. The van der Waals surface area contributed by atoms with Crippen LogP contribution in [0, 0.1) is 5.92 Å². The summed E-state index contributed by atoms with van der Waals surface area (Å²) in [4.78, 5) is 8.88. The molecule has 0 saturated carbocycles. The van der Waals surface area contributed by atoms with E-state index in [0.717, 1.165) is 43.5 Å². The first-order valence-corrected chi connectivity index (χ1v) is 9.31. The van der Waals surface area contributed by atoms with E-state index in [9.17, 15) is 0 Å². The first-order valence-electron chi connectivity index (χ1n) is 9.31. The lowest BCUT2D eigenvalue weighted by atomic mass is 10.1. The maximum atomic E-state index is 5.72. The molecule has 0 fully saturated rings. The summed E-state index contributed by atoms with van der Waals surface area (Å²) in [6, 6.07) is 14.2. The number of aromatic nitrogens is 1. The van der Waals surface area contributed by atoms with Crippen LogP contribution in [0.25, 0.3) is 0 Å². The molecular formula is C21H31IN4O. The fraction of sp³-hybridized carbons (Fsp3) is 0.429. The third-order valence-electron chi connectivity index (χ3n) is 3.68. The average Bonchev–Trinajstić information content (AvgIpc) is 2.66. The van der Waals surface area contributed by atoms with E-state index in [0.29, 0.717) is 12.5 Å². The van der Waals surface area contributed by atoms with Crippen LogP contribution in [0.2, 0.25) is 0 Å². The Morgan fingerprint density at radius 1 is 1.11 bits per heavy atom. The molecule has 0 aliphatic heterocycles. The van der Waals surface area contributed by atoms with Crippen LogP contribution in [0.4, 0.5) is 0 Å². The Hall–Kier alpha value is -1.83. The Bertz CT molecular complexity index is 660. The standard InChI is InChI=1S/C21H30N4O.HI/c1-4-22-21(25-15-19-7-5-6-13-23-19)24-14-12-18-8-10-20(11-9-18)26-16-17(2)3;/h5-11,13,17H,4,12,14-16H2,1-3H3,(H2,22,24,25);1H. The van der Waals surface area contributed by atoms with Crippen LogP contribution in [0.1, 0.15) is 32.0 Å². The molecule has 6 heteroatoms. The van der Waals surface area contributed by atoms with Gasteiger partial charge in [0.25, 0.3) is 0 Å². The molecule has 0 aliphatic carbocycles. The average molecular weight is 482 g/mol. The number of hydrogen-bond acceptors (Lipinski definition) is 3. The highest BCUT2D eigenvalue weighted by atomic mass is 127. The Labute approximate surface area is 180 Å². The van der Waals surface area contributed by atoms with Crippen molar-refractivity contribution in [2.24, 2.45) is 10.9 Å². The highest BCUT2D eigenvalue weighted by molar-refractivity contribution is 14.0. The topological polar surface area (TPSA) is 58.5 Å². The smallest absolute Gasteiger partial charge is 0.191 e. The maximum Gasteiger partial charge on any atom is 0.191 e. The first-order chi connectivity index (χ1) is 12.7. The van der Waals surface area contributed by atoms with E-state index in [4.69, 9.17) is 4.74 Å². The molecule has 2 aromatic rings. The summed E-state index contributed by atoms with van der Waals surface area (Å²) in [7, 11) is 0. The van der Waals surface area contributed by atoms with Gasteiger partial charge in [0.2, 0.25) is 0 Å². The van der Waals surface area contributed by atoms with Crippen LogP contribution < -0.4 is 15.4 Å². The van der Waals surface area contributed by atoms with Gasteiger partial charge in [-0.25, -0.2) is 4.99 Å². The number of benzene rings is 1. The van der Waals surface area contributed by atoms with Crippen molar-refractivity contribution in [2.45, 2.75) is 33.7 Å². The van der Waals surface area contributed by atoms with Gasteiger partial charge in [-0.15, -0.1) is 24.0 Å². The second kappa shape index (κ2) is 13.4. The summed E-state index contributed by atoms with van der Waals surface area (Å²) >= 11 is 0. The fourth-order valence-electron chi connectivity index (χ4n) is 2.33. The monoisotopic (exact) mass is 482 g/mol. The Morgan fingerprint density at radius 3 is 2.52 bits per heavy atom. The molecule has 0 atom stereocenters. The number of guanidine groups is 1. The van der Waals surface area contributed by atoms with Crippen molar-refractivity contribution in [1.29, 1.82) is 0 Å². The van der Waals surface area contributed by atoms with Gasteiger partial charge in [0, 0.05) is 19.3 Å². The van der Waals surface area contributed by atoms with Crippen molar-refractivity contribution in [3.8, 4) is 5.75 Å². The fourth-order valence-corrected chi connectivity index (χ4v) is 2.33. The molecule has 1 aromatic carbocycles. The van der Waals surface area contributed by atoms with Crippen LogP contribution in [0.5, 0.6) is 5.75 Å². The molecule has 0 aliphatic rings. The molecule has 0 unspecified atom stereocenters. The number of ether oxygens (including phenoxy) is 1. The summed E-state index contributed by atoms with van der Waals surface area (Å²) < 4.78 is 5.72. The molecule has 0 bridgehead atoms. The van der Waals surface area contributed by atoms with Crippen LogP contribution >= 0.6 is 24.0 Å². The van der Waals surface area contributed by atoms with Gasteiger partial charge in [-0.2, -0.15) is 0 Å². The summed E-state index contributed by atoms with van der Waals surface area (Å²) in [6.45, 7) is 9.33. The van der Waals surface area contributed by atoms with E-state index in [-0.39, 0.29) is 24.0 Å². The minimum atomic E-state index is 0. The van der Waals surface area contributed by atoms with Crippen LogP contribution in [0.15, 0.2) is 53.7 Å². The number of hydrogen-bond donors (Lipinski definition) is 2. The Kier molecular flexibility index (Phi) is 11.5. The van der Waals surface area contributed by atoms with Gasteiger partial charge in [0.05, 0.1) is 18.8 Å². The largest absolute Gasteiger partial charge is 0.493 e. The van der Waals surface area contributed by atoms with Gasteiger partial charge < -0.3 is 15.4 Å². The number of nitrogens with zero attached hydrogens (tertiary/aromatic N) is 2. The third kappa shape index (κ3) is 9.60. The van der Waals surface area contributed by atoms with Crippen LogP contribution in [-0.4, -0.2) is 30.6 Å². The molecular weight excluding hydrogens is 451 g/mol. The quantitative estimate of drug-likeness (QED) is 0.322. The molecule has 148 valence electrons. The lowest BCUT2D eigenvalue weighted by molar-refractivity contribution is 0.271. The van der Waals surface area contributed by atoms with Gasteiger partial charge in [0.15, 0.2) is 5.96 Å². The summed E-state index contributed by atoms with van der Waals surface area (Å²) in [5.41, 5.74) is 2.23. The number of pyridine rings is 1. The van der Waals surface area contributed by atoms with E-state index < -0.39 is 0 Å². The Balaban J connectivity index is 0.00000364. The second-order valence-corrected chi connectivity index (χ2v) is 6.54. The minimum absolute atomic E-state index is 0. The van der Waals surface area contributed by atoms with Gasteiger partial charge in [-0.1, -0.05) is 32.0 Å². The zero-order chi connectivity index (χ0) is 18.6. The lowest BCUT2D eigenvalue weighted by Gasteiger charge is -2.12. The molecule has 1 aromatic heterocycles. The van der Waals surface area contributed by atoms with E-state index in [1.54, 1.807) is 6.20 Å². The molecule has 2 rings (SSSR count). The molecule has 2 N–H and O–H groups in total. The van der Waals surface area contributed by atoms with Gasteiger partial charge in [0.1, 0.15) is 5.75 Å². The van der Waals surface area contributed by atoms with Crippen molar-refractivity contribution >= 4 is 29.9 Å². The number of rotatable bonds is 9. The Morgan fingerprint density at radius 2 is 1.89 bits per heavy atom. The van der Waals surface area contributed by atoms with Crippen molar-refractivity contribution in [1.82, 2.24) is 15.6 Å². The molecule has 0 spiro atoms. The lowest BCUT2D eigenvalue weighted by Crippen LogP contribution is -2.38. The predicted molar refractivity (Wildman–Crippen MR) is 123 cm³/mol. The molecule has 0 radical (unpaired) electrons. The van der Waals surface area contributed by atoms with Gasteiger partial charge in [-0.05, 0) is 49.1 Å². The number of aliphatic imine (C=N–C) groups is 1. The molecule has 5 nitrogen and oxygen atoms in total. The third-order valence-corrected chi connectivity index (χ3v) is 3.68. The normalized spacial score (nSPS) is 11.0. The zero-order valence-electron chi connectivity index (χ0n) is 16.4. The highest BCUT2D eigenvalue weighted by Gasteiger charge is 2.01. The highest BCUT2D eigenvalue weighted by Crippen LogP contribution is 2.13. The molecule has 0 amide bonds. The van der Waals surface area contributed by atoms with E-state index in [2.05, 4.69) is 53.5 Å². The number of halogens is 1. The van der Waals surface area contributed by atoms with Crippen molar-refractivity contribution in [3.63, 3.8) is 0 Å². The van der Waals surface area contributed by atoms with Crippen LogP contribution in [-0.2, 0) is 13.0 Å². The molecule has 0 saturated heterocycles. The van der Waals surface area contributed by atoms with E-state index in [1.807, 2.05) is 30.3 Å². The SMILES string of the molecule is CCNC(=NCc1ccccn1)NCCc1ccc(OCC(C)C)cc1.I. The summed E-state index contributed by atoms with van der Waals surface area (Å²) in [6.07, 6.45) is 2.72. The maximum absolute atomic E-state index is 5.72. The van der Waals surface area contributed by atoms with Crippen molar-refractivity contribution in [2.75, 3.05) is 19.7 Å². The first kappa shape index (κ1) is 23.2. The van der Waals surface area contributed by atoms with E-state index in [1.165, 1.54) is 5.56 Å². The zero-order valence-corrected chi connectivity index (χ0v) is 18.8. The minimum Gasteiger partial charge on any atom is -0.493 e. The predicted octanol–water partition coefficient (Wildman–Crippen LogP) is 4.03. The van der Waals surface area contributed by atoms with E-state index >= 15 is 0 Å². The van der Waals surface area contributed by atoms with Crippen molar-refractivity contribution < 1.29 is 4.74 Å². The van der Waals surface area contributed by atoms with Gasteiger partial charge >= 0.3 is 0 Å².